The predicted octanol–water partition coefficient (Wildman–Crippen LogP) is -0.386. The molecule has 1 atom stereocenters. The summed E-state index contributed by atoms with van der Waals surface area (Å²) < 4.78 is 1.51. The molecule has 1 aliphatic rings. The zero-order valence-electron chi connectivity index (χ0n) is 16.3. The number of aliphatic hydroxyl groups excluding tert-OH is 1. The van der Waals surface area contributed by atoms with Crippen LogP contribution in [0.15, 0.2) is 66.7 Å². The number of allylic oxidation sites excluding steroid dienone is 2. The van der Waals surface area contributed by atoms with Crippen molar-refractivity contribution < 1.29 is 54.2 Å². The fourth-order valence-corrected chi connectivity index (χ4v) is 3.63. The Morgan fingerprint density at radius 3 is 2.36 bits per heavy atom. The molecule has 3 aromatic rings. The van der Waals surface area contributed by atoms with Gasteiger partial charge in [-0.05, 0) is 35.5 Å². The van der Waals surface area contributed by atoms with Crippen molar-refractivity contribution in [3.8, 4) is 0 Å². The Balaban J connectivity index is 0.000000601. The number of hydrogen-bond donors (Lipinski definition) is 1. The van der Waals surface area contributed by atoms with Gasteiger partial charge in [0, 0.05) is 6.61 Å². The molecule has 1 aliphatic carbocycles. The van der Waals surface area contributed by atoms with Crippen molar-refractivity contribution in [2.75, 3.05) is 6.61 Å². The van der Waals surface area contributed by atoms with Gasteiger partial charge < -0.3 is 29.9 Å². The van der Waals surface area contributed by atoms with Crippen LogP contribution in [0.3, 0.4) is 0 Å². The second-order valence-electron chi connectivity index (χ2n) is 6.96. The second-order valence-corrected chi connectivity index (χ2v) is 9.42. The van der Waals surface area contributed by atoms with Gasteiger partial charge in [-0.2, -0.15) is 6.07 Å². The van der Waals surface area contributed by atoms with E-state index in [4.69, 9.17) is 5.11 Å². The molecule has 0 amide bonds. The molecule has 0 spiro atoms. The minimum Gasteiger partial charge on any atom is -1.00 e. The smallest absolute Gasteiger partial charge is 0.0434 e. The standard InChI is InChI=1S/C21H19O.C3H6.2ClH.Zr/c22-13-5-7-16-14-21(19-10-4-3-9-18(16)19)20-12-11-15-6-1-2-8-17(15)20;1-3-2;;;/h1-4,6,8-12,14,21-22H,5,7,13H2;1-2H3;2*1H;/q-1;;;;+2/p-2. The van der Waals surface area contributed by atoms with Gasteiger partial charge in [-0.25, -0.2) is 0 Å². The topological polar surface area (TPSA) is 20.2 Å². The first-order chi connectivity index (χ1) is 12.6. The number of aliphatic hydroxyl groups is 1. The average molecular weight is 492 g/mol. The fourth-order valence-electron chi connectivity index (χ4n) is 3.63. The number of hydrogen-bond acceptors (Lipinski definition) is 1. The summed E-state index contributed by atoms with van der Waals surface area (Å²) >= 11 is 1.55. The molecule has 3 aromatic carbocycles. The number of rotatable bonds is 4. The Kier molecular flexibility index (Phi) is 10.7. The van der Waals surface area contributed by atoms with Gasteiger partial charge in [0.15, 0.2) is 0 Å². The molecule has 0 saturated heterocycles. The molecule has 0 heterocycles. The Labute approximate surface area is 195 Å². The molecule has 1 unspecified atom stereocenters. The van der Waals surface area contributed by atoms with Crippen molar-refractivity contribution in [2.24, 2.45) is 0 Å². The largest absolute Gasteiger partial charge is 1.00 e. The second kappa shape index (κ2) is 11.9. The van der Waals surface area contributed by atoms with E-state index < -0.39 is 0 Å². The minimum atomic E-state index is 0. The maximum Gasteiger partial charge on any atom is 0.0434 e. The summed E-state index contributed by atoms with van der Waals surface area (Å²) in [5.41, 5.74) is 5.51. The number of fused-ring (bicyclic) bond motifs is 2. The van der Waals surface area contributed by atoms with Crippen LogP contribution >= 0.6 is 0 Å². The number of halogens is 2. The third-order valence-electron chi connectivity index (χ3n) is 4.66. The molecule has 0 aliphatic heterocycles. The number of benzene rings is 2. The zero-order chi connectivity index (χ0) is 18.5. The van der Waals surface area contributed by atoms with E-state index in [0.29, 0.717) is 5.92 Å². The maximum absolute atomic E-state index is 9.14. The molecule has 0 saturated carbocycles. The van der Waals surface area contributed by atoms with Crippen molar-refractivity contribution in [3.05, 3.63) is 83.4 Å². The first kappa shape index (κ1) is 25.1. The monoisotopic (exact) mass is 489 g/mol. The van der Waals surface area contributed by atoms with E-state index in [-0.39, 0.29) is 31.4 Å². The molecule has 0 fully saturated rings. The Morgan fingerprint density at radius 1 is 1.00 bits per heavy atom. The average Bonchev–Trinajstić information content (AvgIpc) is 3.21. The van der Waals surface area contributed by atoms with E-state index in [2.05, 4.69) is 80.6 Å². The third-order valence-corrected chi connectivity index (χ3v) is 4.66. The quantitative estimate of drug-likeness (QED) is 0.494. The molecule has 1 nitrogen and oxygen atoms in total. The molecular formula is C24H25Cl2OZr-. The molecule has 146 valence electrons. The maximum atomic E-state index is 9.14. The van der Waals surface area contributed by atoms with Crippen LogP contribution in [0.2, 0.25) is 0 Å². The van der Waals surface area contributed by atoms with Crippen LogP contribution < -0.4 is 24.8 Å². The third kappa shape index (κ3) is 5.80. The van der Waals surface area contributed by atoms with Crippen molar-refractivity contribution in [1.82, 2.24) is 0 Å². The Morgan fingerprint density at radius 2 is 1.64 bits per heavy atom. The van der Waals surface area contributed by atoms with Crippen LogP contribution in [0, 0.1) is 0 Å². The summed E-state index contributed by atoms with van der Waals surface area (Å²) in [7, 11) is 0. The summed E-state index contributed by atoms with van der Waals surface area (Å²) in [5.74, 6) is 0.338. The van der Waals surface area contributed by atoms with Crippen LogP contribution in [-0.2, 0) is 24.2 Å². The van der Waals surface area contributed by atoms with Crippen LogP contribution in [-0.4, -0.2) is 14.9 Å². The van der Waals surface area contributed by atoms with E-state index in [9.17, 15) is 0 Å². The first-order valence-electron chi connectivity index (χ1n) is 9.18. The fraction of sp³-hybridized carbons (Fsp3) is 0.250. The van der Waals surface area contributed by atoms with Crippen molar-refractivity contribution >= 4 is 19.6 Å². The van der Waals surface area contributed by atoms with Crippen LogP contribution in [0.4, 0.5) is 0 Å². The first-order valence-corrected chi connectivity index (χ1v) is 10.4. The molecular weight excluding hydrogens is 466 g/mol. The van der Waals surface area contributed by atoms with Crippen molar-refractivity contribution in [1.29, 1.82) is 0 Å². The minimum absolute atomic E-state index is 0. The van der Waals surface area contributed by atoms with Gasteiger partial charge in [-0.3, -0.25) is 0 Å². The predicted molar refractivity (Wildman–Crippen MR) is 108 cm³/mol. The molecule has 4 rings (SSSR count). The van der Waals surface area contributed by atoms with Crippen LogP contribution in [0.5, 0.6) is 0 Å². The van der Waals surface area contributed by atoms with Crippen molar-refractivity contribution in [2.45, 2.75) is 32.6 Å². The normalized spacial score (nSPS) is 14.2. The van der Waals surface area contributed by atoms with E-state index in [1.54, 1.807) is 24.2 Å². The molecule has 0 aromatic heterocycles. The summed E-state index contributed by atoms with van der Waals surface area (Å²) in [6.07, 6.45) is 4.17. The SMILES string of the molecule is C[C](C)=[Zr+2].OCCCC1=CC([c-]2ccc3ccccc32)c2ccccc21.[Cl-].[Cl-]. The van der Waals surface area contributed by atoms with Crippen LogP contribution in [0.25, 0.3) is 16.3 Å². The van der Waals surface area contributed by atoms with Gasteiger partial charge in [0.1, 0.15) is 0 Å². The van der Waals surface area contributed by atoms with Crippen LogP contribution in [0.1, 0.15) is 49.3 Å². The van der Waals surface area contributed by atoms with E-state index in [1.807, 2.05) is 0 Å². The molecule has 1 N–H and O–H groups in total. The van der Waals surface area contributed by atoms with Gasteiger partial charge in [-0.1, -0.05) is 36.4 Å². The summed E-state index contributed by atoms with van der Waals surface area (Å²) in [6, 6.07) is 21.8. The van der Waals surface area contributed by atoms with Gasteiger partial charge >= 0.3 is 41.3 Å². The molecule has 0 bridgehead atoms. The van der Waals surface area contributed by atoms with Gasteiger partial charge in [-0.15, -0.1) is 40.6 Å². The molecule has 4 heteroatoms. The van der Waals surface area contributed by atoms with Gasteiger partial charge in [0.2, 0.25) is 0 Å². The Bertz CT molecular complexity index is 938. The molecule has 0 radical (unpaired) electrons. The van der Waals surface area contributed by atoms with Gasteiger partial charge in [0.05, 0.1) is 0 Å². The van der Waals surface area contributed by atoms with E-state index in [0.717, 1.165) is 12.8 Å². The zero-order valence-corrected chi connectivity index (χ0v) is 20.2. The Hall–Kier alpha value is -0.917. The summed E-state index contributed by atoms with van der Waals surface area (Å²) in [4.78, 5) is 0. The molecule has 28 heavy (non-hydrogen) atoms. The van der Waals surface area contributed by atoms with Gasteiger partial charge in [0.25, 0.3) is 0 Å². The summed E-state index contributed by atoms with van der Waals surface area (Å²) in [6.45, 7) is 4.50. The summed E-state index contributed by atoms with van der Waals surface area (Å²) in [5, 5.41) is 11.8. The van der Waals surface area contributed by atoms with Crippen molar-refractivity contribution in [3.63, 3.8) is 0 Å². The van der Waals surface area contributed by atoms with E-state index >= 15 is 0 Å². The van der Waals surface area contributed by atoms with E-state index in [1.165, 1.54) is 36.2 Å².